The van der Waals surface area contributed by atoms with Crippen LogP contribution in [0.25, 0.3) is 43.8 Å². The van der Waals surface area contributed by atoms with Crippen molar-refractivity contribution in [3.63, 3.8) is 0 Å². The first-order valence-corrected chi connectivity index (χ1v) is 9.44. The molecule has 0 fully saturated rings. The van der Waals surface area contributed by atoms with Crippen molar-refractivity contribution in [2.75, 3.05) is 0 Å². The zero-order valence-corrected chi connectivity index (χ0v) is 15.4. The summed E-state index contributed by atoms with van der Waals surface area (Å²) in [6.45, 7) is 0. The Labute approximate surface area is 163 Å². The lowest BCUT2D eigenvalue weighted by Crippen LogP contribution is -1.86. The highest BCUT2D eigenvalue weighted by Crippen LogP contribution is 2.36. The first kappa shape index (κ1) is 16.1. The fraction of sp³-hybridized carbons (Fsp3) is 0. The summed E-state index contributed by atoms with van der Waals surface area (Å²) in [5.74, 6) is 0. The van der Waals surface area contributed by atoms with Gasteiger partial charge in [-0.15, -0.1) is 0 Å². The fourth-order valence-corrected chi connectivity index (χ4v) is 3.93. The third-order valence-electron chi connectivity index (χ3n) is 5.12. The van der Waals surface area contributed by atoms with E-state index in [0.29, 0.717) is 0 Å². The van der Waals surface area contributed by atoms with Crippen LogP contribution in [0.15, 0.2) is 103 Å². The van der Waals surface area contributed by atoms with E-state index in [-0.39, 0.29) is 0 Å². The summed E-state index contributed by atoms with van der Waals surface area (Å²) in [6, 6.07) is 36.3. The van der Waals surface area contributed by atoms with Gasteiger partial charge in [-0.05, 0) is 68.1 Å². The topological polar surface area (TPSA) is 0 Å². The van der Waals surface area contributed by atoms with Gasteiger partial charge < -0.3 is 0 Å². The molecule has 5 aromatic carbocycles. The van der Waals surface area contributed by atoms with Crippen LogP contribution in [0.4, 0.5) is 0 Å². The lowest BCUT2D eigenvalue weighted by atomic mass is 9.92. The zero-order valence-electron chi connectivity index (χ0n) is 14.7. The van der Waals surface area contributed by atoms with Crippen LogP contribution in [0.3, 0.4) is 0 Å². The molecule has 5 rings (SSSR count). The number of rotatable bonds is 2. The molecule has 128 valence electrons. The van der Waals surface area contributed by atoms with Crippen LogP contribution in [0, 0.1) is 0 Å². The van der Waals surface area contributed by atoms with Gasteiger partial charge in [0.25, 0.3) is 0 Å². The zero-order chi connectivity index (χ0) is 18.2. The van der Waals surface area contributed by atoms with Crippen LogP contribution in [-0.4, -0.2) is 0 Å². The Hall–Kier alpha value is -3.09. The van der Waals surface area contributed by atoms with Gasteiger partial charge in [-0.3, -0.25) is 0 Å². The molecule has 0 saturated heterocycles. The van der Waals surface area contributed by atoms with E-state index < -0.39 is 0 Å². The molecule has 27 heavy (non-hydrogen) atoms. The molecule has 0 nitrogen and oxygen atoms in total. The summed E-state index contributed by atoms with van der Waals surface area (Å²) in [5.41, 5.74) is 4.86. The number of hydrogen-bond acceptors (Lipinski definition) is 0. The second-order valence-electron chi connectivity index (χ2n) is 6.78. The average Bonchev–Trinajstić information content (AvgIpc) is 2.74. The largest absolute Gasteiger partial charge is 0.0843 e. The second-order valence-corrected chi connectivity index (χ2v) is 7.21. The summed E-state index contributed by atoms with van der Waals surface area (Å²) in [4.78, 5) is 0. The van der Waals surface area contributed by atoms with E-state index in [0.717, 1.165) is 5.02 Å². The van der Waals surface area contributed by atoms with Gasteiger partial charge in [-0.1, -0.05) is 90.5 Å². The predicted molar refractivity (Wildman–Crippen MR) is 117 cm³/mol. The maximum atomic E-state index is 6.05. The van der Waals surface area contributed by atoms with Crippen molar-refractivity contribution < 1.29 is 0 Å². The van der Waals surface area contributed by atoms with Crippen molar-refractivity contribution in [2.24, 2.45) is 0 Å². The third kappa shape index (κ3) is 2.89. The molecule has 0 radical (unpaired) electrons. The Morgan fingerprint density at radius 1 is 0.444 bits per heavy atom. The van der Waals surface area contributed by atoms with E-state index in [9.17, 15) is 0 Å². The van der Waals surface area contributed by atoms with Crippen molar-refractivity contribution in [3.05, 3.63) is 108 Å². The maximum absolute atomic E-state index is 6.05. The predicted octanol–water partition coefficient (Wildman–Crippen LogP) is 7.98. The SMILES string of the molecule is Clc1ccc(-c2cccc(-c3cc4ccccc4c4ccccc34)c2)cc1. The Balaban J connectivity index is 1.76. The van der Waals surface area contributed by atoms with E-state index >= 15 is 0 Å². The Morgan fingerprint density at radius 3 is 1.93 bits per heavy atom. The standard InChI is InChI=1S/C26H17Cl/c27-22-14-12-18(13-15-22)19-7-5-8-20(16-19)26-17-21-6-1-2-9-23(21)24-10-3-4-11-25(24)26/h1-17H. The summed E-state index contributed by atoms with van der Waals surface area (Å²) >= 11 is 6.05. The molecule has 0 saturated carbocycles. The van der Waals surface area contributed by atoms with E-state index in [1.165, 1.54) is 43.8 Å². The summed E-state index contributed by atoms with van der Waals surface area (Å²) in [7, 11) is 0. The number of halogens is 1. The van der Waals surface area contributed by atoms with E-state index in [2.05, 4.69) is 91.0 Å². The molecular weight excluding hydrogens is 348 g/mol. The first-order chi connectivity index (χ1) is 13.3. The van der Waals surface area contributed by atoms with Crippen molar-refractivity contribution in [3.8, 4) is 22.3 Å². The lowest BCUT2D eigenvalue weighted by Gasteiger charge is -2.12. The normalized spacial score (nSPS) is 11.1. The van der Waals surface area contributed by atoms with Gasteiger partial charge in [0.2, 0.25) is 0 Å². The minimum atomic E-state index is 0.760. The van der Waals surface area contributed by atoms with Crippen LogP contribution in [0.2, 0.25) is 5.02 Å². The van der Waals surface area contributed by atoms with Gasteiger partial charge in [-0.25, -0.2) is 0 Å². The van der Waals surface area contributed by atoms with Crippen LogP contribution < -0.4 is 0 Å². The van der Waals surface area contributed by atoms with Crippen LogP contribution in [0.1, 0.15) is 0 Å². The van der Waals surface area contributed by atoms with Gasteiger partial charge in [0.1, 0.15) is 0 Å². The molecule has 0 spiro atoms. The second kappa shape index (κ2) is 6.57. The first-order valence-electron chi connectivity index (χ1n) is 9.06. The van der Waals surface area contributed by atoms with Crippen molar-refractivity contribution >= 4 is 33.1 Å². The Kier molecular flexibility index (Phi) is 3.92. The molecule has 0 aromatic heterocycles. The average molecular weight is 365 g/mol. The number of fused-ring (bicyclic) bond motifs is 3. The monoisotopic (exact) mass is 364 g/mol. The maximum Gasteiger partial charge on any atom is 0.0406 e. The molecule has 1 heteroatoms. The highest BCUT2D eigenvalue weighted by atomic mass is 35.5. The van der Waals surface area contributed by atoms with E-state index in [1.807, 2.05) is 12.1 Å². The summed E-state index contributed by atoms with van der Waals surface area (Å²) in [5, 5.41) is 5.90. The van der Waals surface area contributed by atoms with Crippen LogP contribution in [-0.2, 0) is 0 Å². The molecule has 0 aliphatic heterocycles. The van der Waals surface area contributed by atoms with Crippen molar-refractivity contribution in [1.29, 1.82) is 0 Å². The molecule has 0 amide bonds. The molecular formula is C26H17Cl. The van der Waals surface area contributed by atoms with Gasteiger partial charge in [-0.2, -0.15) is 0 Å². The number of hydrogen-bond donors (Lipinski definition) is 0. The molecule has 0 bridgehead atoms. The molecule has 0 aliphatic rings. The van der Waals surface area contributed by atoms with Crippen molar-refractivity contribution in [2.45, 2.75) is 0 Å². The smallest absolute Gasteiger partial charge is 0.0406 e. The molecule has 0 atom stereocenters. The van der Waals surface area contributed by atoms with Crippen LogP contribution in [0.5, 0.6) is 0 Å². The minimum absolute atomic E-state index is 0.760. The molecule has 0 heterocycles. The third-order valence-corrected chi connectivity index (χ3v) is 5.37. The number of benzene rings is 5. The molecule has 0 aliphatic carbocycles. The Bertz CT molecular complexity index is 1270. The summed E-state index contributed by atoms with van der Waals surface area (Å²) in [6.07, 6.45) is 0. The molecule has 5 aromatic rings. The lowest BCUT2D eigenvalue weighted by molar-refractivity contribution is 1.61. The van der Waals surface area contributed by atoms with E-state index in [1.54, 1.807) is 0 Å². The van der Waals surface area contributed by atoms with Crippen LogP contribution >= 0.6 is 11.6 Å². The van der Waals surface area contributed by atoms with Gasteiger partial charge in [0, 0.05) is 5.02 Å². The summed E-state index contributed by atoms with van der Waals surface area (Å²) < 4.78 is 0. The fourth-order valence-electron chi connectivity index (χ4n) is 3.80. The minimum Gasteiger partial charge on any atom is -0.0843 e. The highest BCUT2D eigenvalue weighted by Gasteiger charge is 2.09. The quantitative estimate of drug-likeness (QED) is 0.278. The van der Waals surface area contributed by atoms with E-state index in [4.69, 9.17) is 11.6 Å². The van der Waals surface area contributed by atoms with Crippen molar-refractivity contribution in [1.82, 2.24) is 0 Å². The molecule has 0 N–H and O–H groups in total. The Morgan fingerprint density at radius 2 is 1.11 bits per heavy atom. The molecule has 0 unspecified atom stereocenters. The van der Waals surface area contributed by atoms with Gasteiger partial charge in [0.05, 0.1) is 0 Å². The van der Waals surface area contributed by atoms with Gasteiger partial charge >= 0.3 is 0 Å². The highest BCUT2D eigenvalue weighted by molar-refractivity contribution is 6.30. The van der Waals surface area contributed by atoms with Gasteiger partial charge in [0.15, 0.2) is 0 Å².